The van der Waals surface area contributed by atoms with Crippen LogP contribution in [0.5, 0.6) is 0 Å². The lowest BCUT2D eigenvalue weighted by molar-refractivity contribution is 0.604. The zero-order chi connectivity index (χ0) is 13.5. The molecule has 0 bridgehead atoms. The average molecular weight is 256 g/mol. The fourth-order valence-electron chi connectivity index (χ4n) is 2.29. The number of hydrogen-bond acceptors (Lipinski definition) is 1. The minimum absolute atomic E-state index is 0.436. The van der Waals surface area contributed by atoms with Crippen LogP contribution in [0.15, 0.2) is 48.8 Å². The highest BCUT2D eigenvalue weighted by atomic mass is 14.9. The molecule has 102 valence electrons. The van der Waals surface area contributed by atoms with Crippen LogP contribution in [0.25, 0.3) is 0 Å². The molecule has 0 amide bonds. The Labute approximate surface area is 116 Å². The molecule has 2 aromatic rings. The van der Waals surface area contributed by atoms with Gasteiger partial charge in [0.15, 0.2) is 0 Å². The van der Waals surface area contributed by atoms with Crippen molar-refractivity contribution < 1.29 is 0 Å². The summed E-state index contributed by atoms with van der Waals surface area (Å²) < 4.78 is 2.30. The average Bonchev–Trinajstić information content (AvgIpc) is 2.93. The third-order valence-electron chi connectivity index (χ3n) is 3.68. The molecule has 1 aromatic carbocycles. The molecule has 1 heterocycles. The van der Waals surface area contributed by atoms with E-state index in [1.807, 2.05) is 7.05 Å². The summed E-state index contributed by atoms with van der Waals surface area (Å²) in [7, 11) is 2.00. The van der Waals surface area contributed by atoms with Crippen molar-refractivity contribution in [2.75, 3.05) is 7.05 Å². The first-order valence-electron chi connectivity index (χ1n) is 7.16. The van der Waals surface area contributed by atoms with Crippen LogP contribution in [0, 0.1) is 0 Å². The van der Waals surface area contributed by atoms with E-state index in [1.165, 1.54) is 30.4 Å². The lowest BCUT2D eigenvalue weighted by Crippen LogP contribution is -2.11. The van der Waals surface area contributed by atoms with E-state index in [1.54, 1.807) is 0 Å². The van der Waals surface area contributed by atoms with Gasteiger partial charge < -0.3 is 9.88 Å². The standard InChI is InChI=1S/C17H24N2/c1-15(18-2)17-11-13-19(14-17)12-7-6-10-16-8-4-3-5-9-16/h3-5,8-9,11,13-15,18H,6-7,10,12H2,1-2H3. The van der Waals surface area contributed by atoms with Crippen molar-refractivity contribution in [2.24, 2.45) is 0 Å². The fraction of sp³-hybridized carbons (Fsp3) is 0.412. The Morgan fingerprint density at radius 3 is 2.63 bits per heavy atom. The molecule has 1 unspecified atom stereocenters. The van der Waals surface area contributed by atoms with Gasteiger partial charge in [0.25, 0.3) is 0 Å². The first-order valence-corrected chi connectivity index (χ1v) is 7.16. The summed E-state index contributed by atoms with van der Waals surface area (Å²) in [6.45, 7) is 3.30. The second kappa shape index (κ2) is 7.15. The number of nitrogens with one attached hydrogen (secondary N) is 1. The Balaban J connectivity index is 1.72. The molecular weight excluding hydrogens is 232 g/mol. The normalized spacial score (nSPS) is 12.5. The summed E-state index contributed by atoms with van der Waals surface area (Å²) in [5, 5.41) is 3.27. The van der Waals surface area contributed by atoms with Crippen molar-refractivity contribution in [1.82, 2.24) is 9.88 Å². The van der Waals surface area contributed by atoms with Gasteiger partial charge in [-0.3, -0.25) is 0 Å². The molecule has 0 spiro atoms. The number of hydrogen-bond donors (Lipinski definition) is 1. The quantitative estimate of drug-likeness (QED) is 0.746. The molecule has 0 saturated heterocycles. The van der Waals surface area contributed by atoms with Gasteiger partial charge in [-0.1, -0.05) is 30.3 Å². The van der Waals surface area contributed by atoms with Crippen LogP contribution in [-0.4, -0.2) is 11.6 Å². The predicted molar refractivity (Wildman–Crippen MR) is 81.3 cm³/mol. The van der Waals surface area contributed by atoms with Crippen molar-refractivity contribution in [2.45, 2.75) is 38.8 Å². The fourth-order valence-corrected chi connectivity index (χ4v) is 2.29. The van der Waals surface area contributed by atoms with Gasteiger partial charge in [0, 0.05) is 25.0 Å². The molecule has 0 aliphatic heterocycles. The predicted octanol–water partition coefficient (Wildman–Crippen LogP) is 3.79. The van der Waals surface area contributed by atoms with Crippen molar-refractivity contribution >= 4 is 0 Å². The zero-order valence-electron chi connectivity index (χ0n) is 12.0. The molecule has 19 heavy (non-hydrogen) atoms. The van der Waals surface area contributed by atoms with E-state index in [4.69, 9.17) is 0 Å². The molecule has 0 aliphatic carbocycles. The highest BCUT2D eigenvalue weighted by Gasteiger charge is 2.03. The summed E-state index contributed by atoms with van der Waals surface area (Å²) in [5.41, 5.74) is 2.81. The zero-order valence-corrected chi connectivity index (χ0v) is 12.0. The van der Waals surface area contributed by atoms with Crippen LogP contribution in [0.4, 0.5) is 0 Å². The summed E-state index contributed by atoms with van der Waals surface area (Å²) >= 11 is 0. The van der Waals surface area contributed by atoms with E-state index in [0.29, 0.717) is 6.04 Å². The van der Waals surface area contributed by atoms with Gasteiger partial charge >= 0.3 is 0 Å². The minimum Gasteiger partial charge on any atom is -0.354 e. The van der Waals surface area contributed by atoms with Gasteiger partial charge in [0.1, 0.15) is 0 Å². The maximum atomic E-state index is 3.27. The molecule has 0 fully saturated rings. The Hall–Kier alpha value is -1.54. The van der Waals surface area contributed by atoms with Crippen LogP contribution in [-0.2, 0) is 13.0 Å². The molecule has 0 radical (unpaired) electrons. The topological polar surface area (TPSA) is 17.0 Å². The second-order valence-electron chi connectivity index (χ2n) is 5.14. The first-order chi connectivity index (χ1) is 9.29. The van der Waals surface area contributed by atoms with Crippen LogP contribution in [0.3, 0.4) is 0 Å². The van der Waals surface area contributed by atoms with Gasteiger partial charge in [-0.05, 0) is 50.4 Å². The van der Waals surface area contributed by atoms with Gasteiger partial charge in [-0.2, -0.15) is 0 Å². The third kappa shape index (κ3) is 4.25. The van der Waals surface area contributed by atoms with E-state index in [0.717, 1.165) is 6.54 Å². The molecular formula is C17H24N2. The van der Waals surface area contributed by atoms with Gasteiger partial charge in [0.2, 0.25) is 0 Å². The summed E-state index contributed by atoms with van der Waals surface area (Å²) in [5.74, 6) is 0. The first kappa shape index (κ1) is 13.9. The van der Waals surface area contributed by atoms with Crippen molar-refractivity contribution in [3.8, 4) is 0 Å². The van der Waals surface area contributed by atoms with Crippen LogP contribution >= 0.6 is 0 Å². The van der Waals surface area contributed by atoms with Crippen molar-refractivity contribution in [1.29, 1.82) is 0 Å². The Kier molecular flexibility index (Phi) is 5.22. The number of nitrogens with zero attached hydrogens (tertiary/aromatic N) is 1. The van der Waals surface area contributed by atoms with E-state index in [9.17, 15) is 0 Å². The summed E-state index contributed by atoms with van der Waals surface area (Å²) in [6, 6.07) is 13.4. The van der Waals surface area contributed by atoms with E-state index in [2.05, 4.69) is 65.6 Å². The third-order valence-corrected chi connectivity index (χ3v) is 3.68. The van der Waals surface area contributed by atoms with E-state index >= 15 is 0 Å². The number of aryl methyl sites for hydroxylation is 2. The number of unbranched alkanes of at least 4 members (excludes halogenated alkanes) is 1. The lowest BCUT2D eigenvalue weighted by Gasteiger charge is -2.07. The Bertz CT molecular complexity index is 473. The SMILES string of the molecule is CNC(C)c1ccn(CCCCc2ccccc2)c1. The molecule has 0 aliphatic rings. The molecule has 1 atom stereocenters. The van der Waals surface area contributed by atoms with E-state index in [-0.39, 0.29) is 0 Å². The smallest absolute Gasteiger partial charge is 0.0304 e. The molecule has 1 N–H and O–H groups in total. The number of aromatic nitrogens is 1. The van der Waals surface area contributed by atoms with Crippen molar-refractivity contribution in [3.63, 3.8) is 0 Å². The van der Waals surface area contributed by atoms with Crippen LogP contribution in [0.1, 0.15) is 36.9 Å². The van der Waals surface area contributed by atoms with Gasteiger partial charge in [0.05, 0.1) is 0 Å². The van der Waals surface area contributed by atoms with Crippen LogP contribution < -0.4 is 5.32 Å². The molecule has 2 heteroatoms. The lowest BCUT2D eigenvalue weighted by atomic mass is 10.1. The number of benzene rings is 1. The highest BCUT2D eigenvalue weighted by Crippen LogP contribution is 2.13. The molecule has 0 saturated carbocycles. The van der Waals surface area contributed by atoms with Crippen LogP contribution in [0.2, 0.25) is 0 Å². The van der Waals surface area contributed by atoms with Crippen molar-refractivity contribution in [3.05, 3.63) is 59.9 Å². The molecule has 1 aromatic heterocycles. The van der Waals surface area contributed by atoms with E-state index < -0.39 is 0 Å². The Morgan fingerprint density at radius 2 is 1.89 bits per heavy atom. The molecule has 2 rings (SSSR count). The summed E-state index contributed by atoms with van der Waals surface area (Å²) in [4.78, 5) is 0. The number of rotatable bonds is 7. The minimum atomic E-state index is 0.436. The monoisotopic (exact) mass is 256 g/mol. The van der Waals surface area contributed by atoms with Gasteiger partial charge in [-0.15, -0.1) is 0 Å². The maximum Gasteiger partial charge on any atom is 0.0304 e. The molecule has 2 nitrogen and oxygen atoms in total. The maximum absolute atomic E-state index is 3.27. The van der Waals surface area contributed by atoms with Gasteiger partial charge in [-0.25, -0.2) is 0 Å². The second-order valence-corrected chi connectivity index (χ2v) is 5.14. The summed E-state index contributed by atoms with van der Waals surface area (Å²) in [6.07, 6.45) is 8.10. The Morgan fingerprint density at radius 1 is 1.11 bits per heavy atom. The highest BCUT2D eigenvalue weighted by molar-refractivity contribution is 5.15. The largest absolute Gasteiger partial charge is 0.354 e.